The van der Waals surface area contributed by atoms with Crippen molar-refractivity contribution in [1.29, 1.82) is 0 Å². The van der Waals surface area contributed by atoms with Gasteiger partial charge >= 0.3 is 0 Å². The number of thiophene rings is 2. The standard InChI is InChI=1S/C26H30N2O3S2/c1-2-31-22-14-7-6-13-21(22)24(25(29)27-19-10-4-3-5-11-19)28(18-20-12-8-16-32-20)26(30)23-15-9-17-33-23/h6-9,12-17,19,24H,2-5,10-11,18H2,1H3,(H,27,29)/t24-/m1/s1. The zero-order valence-corrected chi connectivity index (χ0v) is 20.5. The van der Waals surface area contributed by atoms with Crippen LogP contribution in [0, 0.1) is 0 Å². The van der Waals surface area contributed by atoms with Gasteiger partial charge in [-0.3, -0.25) is 9.59 Å². The highest BCUT2D eigenvalue weighted by Gasteiger charge is 2.35. The molecule has 0 aliphatic heterocycles. The third kappa shape index (κ3) is 5.84. The molecule has 1 aliphatic carbocycles. The highest BCUT2D eigenvalue weighted by Crippen LogP contribution is 2.34. The molecule has 1 N–H and O–H groups in total. The molecule has 3 aromatic rings. The lowest BCUT2D eigenvalue weighted by Crippen LogP contribution is -2.46. The summed E-state index contributed by atoms with van der Waals surface area (Å²) >= 11 is 2.98. The van der Waals surface area contributed by atoms with Crippen molar-refractivity contribution >= 4 is 34.5 Å². The van der Waals surface area contributed by atoms with Crippen LogP contribution in [0.2, 0.25) is 0 Å². The Hall–Kier alpha value is -2.64. The van der Waals surface area contributed by atoms with Crippen LogP contribution in [0.25, 0.3) is 0 Å². The van der Waals surface area contributed by atoms with Crippen LogP contribution in [0.3, 0.4) is 0 Å². The Bertz CT molecular complexity index is 1030. The molecule has 7 heteroatoms. The van der Waals surface area contributed by atoms with Gasteiger partial charge in [0.2, 0.25) is 5.91 Å². The zero-order valence-electron chi connectivity index (χ0n) is 18.9. The highest BCUT2D eigenvalue weighted by molar-refractivity contribution is 7.12. The average molecular weight is 483 g/mol. The predicted octanol–water partition coefficient (Wildman–Crippen LogP) is 6.04. The number of carbonyl (C=O) groups excluding carboxylic acids is 2. The van der Waals surface area contributed by atoms with Gasteiger partial charge in [0.15, 0.2) is 0 Å². The zero-order chi connectivity index (χ0) is 23.0. The number of nitrogens with one attached hydrogen (secondary N) is 1. The number of hydrogen-bond acceptors (Lipinski definition) is 5. The number of rotatable bonds is 9. The first kappa shape index (κ1) is 23.5. The summed E-state index contributed by atoms with van der Waals surface area (Å²) in [4.78, 5) is 30.9. The van der Waals surface area contributed by atoms with Gasteiger partial charge in [0.25, 0.3) is 5.91 Å². The van der Waals surface area contributed by atoms with Gasteiger partial charge in [-0.1, -0.05) is 49.6 Å². The van der Waals surface area contributed by atoms with Crippen molar-refractivity contribution in [2.45, 2.75) is 57.7 Å². The number of para-hydroxylation sites is 1. The number of carbonyl (C=O) groups is 2. The van der Waals surface area contributed by atoms with Crippen LogP contribution in [-0.4, -0.2) is 29.4 Å². The first-order chi connectivity index (χ1) is 16.2. The topological polar surface area (TPSA) is 58.6 Å². The third-order valence-electron chi connectivity index (χ3n) is 5.92. The monoisotopic (exact) mass is 482 g/mol. The van der Waals surface area contributed by atoms with E-state index in [9.17, 15) is 9.59 Å². The van der Waals surface area contributed by atoms with Crippen molar-refractivity contribution < 1.29 is 14.3 Å². The molecular weight excluding hydrogens is 452 g/mol. The molecular formula is C26H30N2O3S2. The first-order valence-corrected chi connectivity index (χ1v) is 13.3. The normalized spacial score (nSPS) is 15.1. The van der Waals surface area contributed by atoms with Crippen molar-refractivity contribution in [2.75, 3.05) is 6.61 Å². The fourth-order valence-electron chi connectivity index (χ4n) is 4.36. The van der Waals surface area contributed by atoms with E-state index in [-0.39, 0.29) is 17.9 Å². The van der Waals surface area contributed by atoms with Gasteiger partial charge < -0.3 is 15.0 Å². The van der Waals surface area contributed by atoms with Crippen molar-refractivity contribution in [2.24, 2.45) is 0 Å². The molecule has 1 fully saturated rings. The summed E-state index contributed by atoms with van der Waals surface area (Å²) in [6.45, 7) is 2.77. The minimum Gasteiger partial charge on any atom is -0.494 e. The Morgan fingerprint density at radius 3 is 2.48 bits per heavy atom. The molecule has 2 amide bonds. The predicted molar refractivity (Wildman–Crippen MR) is 134 cm³/mol. The van der Waals surface area contributed by atoms with Crippen molar-refractivity contribution in [3.8, 4) is 5.75 Å². The maximum Gasteiger partial charge on any atom is 0.265 e. The molecule has 0 radical (unpaired) electrons. The van der Waals surface area contributed by atoms with Gasteiger partial charge in [-0.2, -0.15) is 0 Å². The van der Waals surface area contributed by atoms with Gasteiger partial charge in [-0.15, -0.1) is 22.7 Å². The molecule has 0 spiro atoms. The van der Waals surface area contributed by atoms with Crippen LogP contribution in [0.4, 0.5) is 0 Å². The van der Waals surface area contributed by atoms with Gasteiger partial charge in [-0.25, -0.2) is 0 Å². The lowest BCUT2D eigenvalue weighted by Gasteiger charge is -2.33. The van der Waals surface area contributed by atoms with E-state index in [2.05, 4.69) is 5.32 Å². The minimum absolute atomic E-state index is 0.143. The average Bonchev–Trinajstić information content (AvgIpc) is 3.55. The number of ether oxygens (including phenoxy) is 1. The maximum atomic E-state index is 13.9. The summed E-state index contributed by atoms with van der Waals surface area (Å²) in [5, 5.41) is 7.15. The lowest BCUT2D eigenvalue weighted by molar-refractivity contribution is -0.127. The maximum absolute atomic E-state index is 13.9. The van der Waals surface area contributed by atoms with E-state index in [4.69, 9.17) is 4.74 Å². The molecule has 33 heavy (non-hydrogen) atoms. The molecule has 1 aromatic carbocycles. The summed E-state index contributed by atoms with van der Waals surface area (Å²) < 4.78 is 5.90. The van der Waals surface area contributed by atoms with E-state index < -0.39 is 6.04 Å². The third-order valence-corrected chi connectivity index (χ3v) is 7.64. The van der Waals surface area contributed by atoms with E-state index >= 15 is 0 Å². The van der Waals surface area contributed by atoms with Gasteiger partial charge in [0.1, 0.15) is 11.8 Å². The fourth-order valence-corrected chi connectivity index (χ4v) is 5.75. The highest BCUT2D eigenvalue weighted by atomic mass is 32.1. The number of hydrogen-bond donors (Lipinski definition) is 1. The minimum atomic E-state index is -0.786. The molecule has 1 saturated carbocycles. The van der Waals surface area contributed by atoms with Gasteiger partial charge in [-0.05, 0) is 48.7 Å². The summed E-state index contributed by atoms with van der Waals surface area (Å²) in [5.74, 6) is 0.350. The second kappa shape index (κ2) is 11.5. The van der Waals surface area contributed by atoms with E-state index in [0.29, 0.717) is 29.3 Å². The Morgan fingerprint density at radius 1 is 1.03 bits per heavy atom. The molecule has 1 aliphatic rings. The molecule has 0 saturated heterocycles. The van der Waals surface area contributed by atoms with E-state index in [1.54, 1.807) is 16.2 Å². The Labute approximate surface area is 203 Å². The van der Waals surface area contributed by atoms with E-state index in [1.807, 2.05) is 66.2 Å². The summed E-state index contributed by atoms with van der Waals surface area (Å²) in [6, 6.07) is 14.6. The van der Waals surface area contributed by atoms with Crippen molar-refractivity contribution in [3.63, 3.8) is 0 Å². The number of amides is 2. The van der Waals surface area contributed by atoms with Gasteiger partial charge in [0.05, 0.1) is 18.0 Å². The second-order valence-electron chi connectivity index (χ2n) is 8.21. The molecule has 1 atom stereocenters. The molecule has 2 aromatic heterocycles. The van der Waals surface area contributed by atoms with E-state index in [1.165, 1.54) is 17.8 Å². The van der Waals surface area contributed by atoms with Crippen LogP contribution in [0.1, 0.15) is 65.2 Å². The number of nitrogens with zero attached hydrogens (tertiary/aromatic N) is 1. The van der Waals surface area contributed by atoms with Crippen LogP contribution < -0.4 is 10.1 Å². The Kier molecular flexibility index (Phi) is 8.18. The molecule has 0 unspecified atom stereocenters. The summed E-state index contributed by atoms with van der Waals surface area (Å²) in [5.41, 5.74) is 0.717. The Morgan fingerprint density at radius 2 is 1.79 bits per heavy atom. The van der Waals surface area contributed by atoms with E-state index in [0.717, 1.165) is 30.6 Å². The largest absolute Gasteiger partial charge is 0.494 e. The molecule has 0 bridgehead atoms. The van der Waals surface area contributed by atoms with Crippen molar-refractivity contribution in [3.05, 3.63) is 74.6 Å². The second-order valence-corrected chi connectivity index (χ2v) is 10.2. The van der Waals surface area contributed by atoms with Gasteiger partial charge in [0, 0.05) is 16.5 Å². The van der Waals surface area contributed by atoms with Crippen LogP contribution in [-0.2, 0) is 11.3 Å². The smallest absolute Gasteiger partial charge is 0.265 e. The fraction of sp³-hybridized carbons (Fsp3) is 0.385. The van der Waals surface area contributed by atoms with Crippen LogP contribution >= 0.6 is 22.7 Å². The summed E-state index contributed by atoms with van der Waals surface area (Å²) in [7, 11) is 0. The molecule has 174 valence electrons. The number of benzene rings is 1. The quantitative estimate of drug-likeness (QED) is 0.404. The van der Waals surface area contributed by atoms with Crippen LogP contribution in [0.15, 0.2) is 59.3 Å². The first-order valence-electron chi connectivity index (χ1n) is 11.6. The van der Waals surface area contributed by atoms with Crippen molar-refractivity contribution in [1.82, 2.24) is 10.2 Å². The summed E-state index contributed by atoms with van der Waals surface area (Å²) in [6.07, 6.45) is 5.42. The molecule has 4 rings (SSSR count). The lowest BCUT2D eigenvalue weighted by atomic mass is 9.94. The Balaban J connectivity index is 1.75. The molecule has 2 heterocycles. The molecule has 5 nitrogen and oxygen atoms in total. The SMILES string of the molecule is CCOc1ccccc1[C@H](C(=O)NC1CCCCC1)N(Cc1cccs1)C(=O)c1cccs1. The van der Waals surface area contributed by atoms with Crippen LogP contribution in [0.5, 0.6) is 5.75 Å².